The lowest BCUT2D eigenvalue weighted by molar-refractivity contribution is -0.182. The third kappa shape index (κ3) is 3.04. The summed E-state index contributed by atoms with van der Waals surface area (Å²) in [6, 6.07) is 0. The van der Waals surface area contributed by atoms with Crippen LogP contribution in [0, 0.1) is 56.2 Å². The standard InChI is InChI=1S/C31H52O3/c1-26(2)23-17-31(19-32)18-28(5)14-11-20-27(3,4)25(34-8)13-16-29(20,6)21(28)9-10-22(31)30(23,7)15-12-24(26)33/h19-25,33H,9-18H2,1-8H3. The fraction of sp³-hybridized carbons (Fsp3) is 0.968. The van der Waals surface area contributed by atoms with E-state index in [9.17, 15) is 9.90 Å². The fourth-order valence-corrected chi connectivity index (χ4v) is 12.2. The van der Waals surface area contributed by atoms with Gasteiger partial charge in [-0.2, -0.15) is 0 Å². The van der Waals surface area contributed by atoms with Crippen molar-refractivity contribution in [2.45, 2.75) is 125 Å². The fourth-order valence-electron chi connectivity index (χ4n) is 12.2. The van der Waals surface area contributed by atoms with Gasteiger partial charge in [-0.1, -0.05) is 48.5 Å². The van der Waals surface area contributed by atoms with Crippen molar-refractivity contribution in [3.63, 3.8) is 0 Å². The first-order valence-electron chi connectivity index (χ1n) is 14.4. The molecule has 5 aliphatic rings. The normalized spacial score (nSPS) is 55.8. The first-order chi connectivity index (χ1) is 15.7. The van der Waals surface area contributed by atoms with Crippen molar-refractivity contribution in [1.29, 1.82) is 0 Å². The molecule has 0 heterocycles. The summed E-state index contributed by atoms with van der Waals surface area (Å²) in [5.74, 6) is 2.26. The molecule has 0 amide bonds. The zero-order valence-electron chi connectivity index (χ0n) is 23.4. The van der Waals surface area contributed by atoms with E-state index in [0.29, 0.717) is 35.2 Å². The number of hydrogen-bond donors (Lipinski definition) is 1. The molecule has 3 heteroatoms. The van der Waals surface area contributed by atoms with E-state index in [2.05, 4.69) is 48.5 Å². The van der Waals surface area contributed by atoms with E-state index in [1.807, 2.05) is 7.11 Å². The second-order valence-electron chi connectivity index (χ2n) is 15.7. The quantitative estimate of drug-likeness (QED) is 0.438. The molecule has 1 N–H and O–H groups in total. The molecule has 0 aliphatic heterocycles. The number of carbonyl (C=O) groups is 1. The molecule has 5 fully saturated rings. The number of rotatable bonds is 2. The van der Waals surface area contributed by atoms with E-state index in [0.717, 1.165) is 32.1 Å². The molecule has 10 atom stereocenters. The van der Waals surface area contributed by atoms with Gasteiger partial charge in [0.05, 0.1) is 12.2 Å². The average molecular weight is 473 g/mol. The number of ether oxygens (including phenoxy) is 1. The van der Waals surface area contributed by atoms with Crippen molar-refractivity contribution in [1.82, 2.24) is 0 Å². The first-order valence-corrected chi connectivity index (χ1v) is 14.4. The van der Waals surface area contributed by atoms with Gasteiger partial charge in [0, 0.05) is 12.5 Å². The van der Waals surface area contributed by atoms with Crippen LogP contribution >= 0.6 is 0 Å². The van der Waals surface area contributed by atoms with Crippen LogP contribution in [-0.4, -0.2) is 30.7 Å². The lowest BCUT2D eigenvalue weighted by atomic mass is 9.41. The Morgan fingerprint density at radius 3 is 2.00 bits per heavy atom. The topological polar surface area (TPSA) is 46.5 Å². The molecule has 194 valence electrons. The molecule has 5 rings (SSSR count). The van der Waals surface area contributed by atoms with Crippen molar-refractivity contribution in [2.75, 3.05) is 7.11 Å². The number of aldehydes is 1. The lowest BCUT2D eigenvalue weighted by Gasteiger charge is -2.64. The maximum absolute atomic E-state index is 13.2. The van der Waals surface area contributed by atoms with Gasteiger partial charge >= 0.3 is 0 Å². The molecule has 5 saturated carbocycles. The summed E-state index contributed by atoms with van der Waals surface area (Å²) in [5, 5.41) is 10.9. The highest BCUT2D eigenvalue weighted by Crippen LogP contribution is 2.75. The van der Waals surface area contributed by atoms with Gasteiger partial charge in [0.2, 0.25) is 0 Å². The van der Waals surface area contributed by atoms with Crippen LogP contribution in [-0.2, 0) is 9.53 Å². The van der Waals surface area contributed by atoms with Crippen LogP contribution in [0.2, 0.25) is 0 Å². The molecule has 0 saturated heterocycles. The Bertz CT molecular complexity index is 833. The van der Waals surface area contributed by atoms with Crippen LogP contribution in [0.15, 0.2) is 0 Å². The predicted molar refractivity (Wildman–Crippen MR) is 137 cm³/mol. The molecule has 0 aromatic rings. The van der Waals surface area contributed by atoms with Crippen LogP contribution in [0.4, 0.5) is 0 Å². The van der Waals surface area contributed by atoms with Crippen molar-refractivity contribution in [3.05, 3.63) is 0 Å². The highest BCUT2D eigenvalue weighted by Gasteiger charge is 2.70. The smallest absolute Gasteiger partial charge is 0.126 e. The molecular weight excluding hydrogens is 420 g/mol. The minimum absolute atomic E-state index is 0.109. The summed E-state index contributed by atoms with van der Waals surface area (Å²) in [6.45, 7) is 17.2. The van der Waals surface area contributed by atoms with Gasteiger partial charge in [0.25, 0.3) is 0 Å². The van der Waals surface area contributed by atoms with E-state index in [-0.39, 0.29) is 33.2 Å². The monoisotopic (exact) mass is 472 g/mol. The number of methoxy groups -OCH3 is 1. The Kier molecular flexibility index (Phi) is 5.61. The van der Waals surface area contributed by atoms with Gasteiger partial charge in [-0.3, -0.25) is 0 Å². The molecule has 34 heavy (non-hydrogen) atoms. The van der Waals surface area contributed by atoms with Gasteiger partial charge in [-0.15, -0.1) is 0 Å². The molecule has 0 spiro atoms. The maximum atomic E-state index is 13.2. The van der Waals surface area contributed by atoms with E-state index in [4.69, 9.17) is 4.74 Å². The summed E-state index contributed by atoms with van der Waals surface area (Å²) in [4.78, 5) is 13.2. The third-order valence-corrected chi connectivity index (χ3v) is 13.7. The minimum atomic E-state index is -0.243. The van der Waals surface area contributed by atoms with E-state index in [1.165, 1.54) is 38.4 Å². The Balaban J connectivity index is 1.54. The maximum Gasteiger partial charge on any atom is 0.126 e. The van der Waals surface area contributed by atoms with Crippen molar-refractivity contribution in [2.24, 2.45) is 56.2 Å². The molecule has 0 aromatic heterocycles. The molecule has 5 aliphatic carbocycles. The highest BCUT2D eigenvalue weighted by molar-refractivity contribution is 5.62. The first kappa shape index (κ1) is 25.2. The Labute approximate surface area is 209 Å². The summed E-state index contributed by atoms with van der Waals surface area (Å²) in [6.07, 6.45) is 12.9. The summed E-state index contributed by atoms with van der Waals surface area (Å²) in [5.41, 5.74) is 0.601. The highest BCUT2D eigenvalue weighted by atomic mass is 16.5. The predicted octanol–water partition coefficient (Wildman–Crippen LogP) is 7.05. The van der Waals surface area contributed by atoms with Crippen LogP contribution < -0.4 is 0 Å². The lowest BCUT2D eigenvalue weighted by Crippen LogP contribution is -2.59. The van der Waals surface area contributed by atoms with Gasteiger partial charge in [-0.25, -0.2) is 0 Å². The van der Waals surface area contributed by atoms with Crippen LogP contribution in [0.25, 0.3) is 0 Å². The van der Waals surface area contributed by atoms with Gasteiger partial charge in [0.15, 0.2) is 0 Å². The van der Waals surface area contributed by atoms with Crippen LogP contribution in [0.5, 0.6) is 0 Å². The van der Waals surface area contributed by atoms with Crippen molar-refractivity contribution in [3.8, 4) is 0 Å². The Hall–Kier alpha value is -0.410. The number of aliphatic hydroxyl groups excluding tert-OH is 1. The SMILES string of the molecule is COC1CCC2(C)C3CCC4C(C=O)(CC5C(C)(C)C(O)CCC45C)CC3(C)CCC2C1(C)C. The number of fused-ring (bicyclic) bond motifs is 6. The molecule has 0 aromatic carbocycles. The second kappa shape index (κ2) is 7.56. The third-order valence-electron chi connectivity index (χ3n) is 13.7. The number of aliphatic hydroxyl groups is 1. The Morgan fingerprint density at radius 2 is 1.35 bits per heavy atom. The van der Waals surface area contributed by atoms with Crippen LogP contribution in [0.3, 0.4) is 0 Å². The molecule has 10 unspecified atom stereocenters. The van der Waals surface area contributed by atoms with Gasteiger partial charge in [-0.05, 0) is 115 Å². The Morgan fingerprint density at radius 1 is 0.735 bits per heavy atom. The largest absolute Gasteiger partial charge is 0.393 e. The average Bonchev–Trinajstić information content (AvgIpc) is 2.90. The summed E-state index contributed by atoms with van der Waals surface area (Å²) in [7, 11) is 1.91. The van der Waals surface area contributed by atoms with Gasteiger partial charge in [0.1, 0.15) is 6.29 Å². The second-order valence-corrected chi connectivity index (χ2v) is 15.7. The summed E-state index contributed by atoms with van der Waals surface area (Å²) >= 11 is 0. The zero-order valence-corrected chi connectivity index (χ0v) is 23.4. The zero-order chi connectivity index (χ0) is 24.9. The van der Waals surface area contributed by atoms with Crippen LogP contribution in [0.1, 0.15) is 113 Å². The molecule has 0 radical (unpaired) electrons. The minimum Gasteiger partial charge on any atom is -0.393 e. The van der Waals surface area contributed by atoms with E-state index in [1.54, 1.807) is 0 Å². The number of hydrogen-bond acceptors (Lipinski definition) is 3. The molecule has 0 bridgehead atoms. The van der Waals surface area contributed by atoms with Gasteiger partial charge < -0.3 is 14.6 Å². The summed E-state index contributed by atoms with van der Waals surface area (Å²) < 4.78 is 6.01. The van der Waals surface area contributed by atoms with E-state index >= 15 is 0 Å². The molecule has 3 nitrogen and oxygen atoms in total. The number of carbonyl (C=O) groups excluding carboxylic acids is 1. The van der Waals surface area contributed by atoms with Crippen molar-refractivity contribution < 1.29 is 14.6 Å². The molecular formula is C31H52O3. The van der Waals surface area contributed by atoms with Crippen molar-refractivity contribution >= 4 is 6.29 Å². The van der Waals surface area contributed by atoms with E-state index < -0.39 is 0 Å².